The summed E-state index contributed by atoms with van der Waals surface area (Å²) >= 11 is 1.66. The first-order chi connectivity index (χ1) is 10.3. The Bertz CT molecular complexity index is 521. The van der Waals surface area contributed by atoms with E-state index in [-0.39, 0.29) is 5.91 Å². The second-order valence-electron chi connectivity index (χ2n) is 6.32. The van der Waals surface area contributed by atoms with Crippen LogP contribution in [0.4, 0.5) is 0 Å². The molecule has 2 saturated heterocycles. The number of piperazine rings is 1. The largest absolute Gasteiger partial charge is 0.336 e. The molecule has 1 aromatic rings. The minimum atomic E-state index is 0.135. The molecule has 1 atom stereocenters. The first-order valence-electron chi connectivity index (χ1n) is 8.01. The van der Waals surface area contributed by atoms with E-state index < -0.39 is 0 Å². The number of hydrogen-bond acceptors (Lipinski definition) is 5. The highest BCUT2D eigenvalue weighted by atomic mass is 32.1. The van der Waals surface area contributed by atoms with Crippen LogP contribution in [0.5, 0.6) is 0 Å². The fraction of sp³-hybridized carbons (Fsp3) is 0.733. The van der Waals surface area contributed by atoms with Crippen LogP contribution in [0.2, 0.25) is 0 Å². The van der Waals surface area contributed by atoms with Crippen LogP contribution in [0.25, 0.3) is 0 Å². The fourth-order valence-corrected chi connectivity index (χ4v) is 4.30. The van der Waals surface area contributed by atoms with Gasteiger partial charge >= 0.3 is 0 Å². The molecule has 0 aromatic carbocycles. The molecule has 1 unspecified atom stereocenters. The molecule has 3 heterocycles. The van der Waals surface area contributed by atoms with Gasteiger partial charge in [0.2, 0.25) is 0 Å². The second-order valence-corrected chi connectivity index (χ2v) is 7.21. The van der Waals surface area contributed by atoms with Crippen molar-refractivity contribution < 1.29 is 4.79 Å². The lowest BCUT2D eigenvalue weighted by Gasteiger charge is -2.32. The minimum absolute atomic E-state index is 0.135. The number of hydrogen-bond donors (Lipinski definition) is 1. The van der Waals surface area contributed by atoms with Gasteiger partial charge in [0, 0.05) is 56.6 Å². The zero-order valence-electron chi connectivity index (χ0n) is 12.3. The lowest BCUT2D eigenvalue weighted by atomic mass is 10.2. The number of amides is 1. The van der Waals surface area contributed by atoms with E-state index in [0.717, 1.165) is 50.7 Å². The van der Waals surface area contributed by atoms with Gasteiger partial charge in [-0.15, -0.1) is 11.3 Å². The highest BCUT2D eigenvalue weighted by Crippen LogP contribution is 2.41. The Kier molecular flexibility index (Phi) is 3.69. The van der Waals surface area contributed by atoms with Crippen molar-refractivity contribution in [3.05, 3.63) is 16.1 Å². The van der Waals surface area contributed by atoms with Crippen LogP contribution in [-0.2, 0) is 0 Å². The quantitative estimate of drug-likeness (QED) is 0.910. The molecule has 21 heavy (non-hydrogen) atoms. The fourth-order valence-electron chi connectivity index (χ4n) is 3.34. The number of nitrogens with zero attached hydrogens (tertiary/aromatic N) is 3. The molecule has 4 rings (SSSR count). The third kappa shape index (κ3) is 2.84. The van der Waals surface area contributed by atoms with Crippen LogP contribution >= 0.6 is 11.3 Å². The molecule has 1 aromatic heterocycles. The molecule has 114 valence electrons. The third-order valence-corrected chi connectivity index (χ3v) is 5.79. The van der Waals surface area contributed by atoms with E-state index >= 15 is 0 Å². The first-order valence-corrected chi connectivity index (χ1v) is 8.88. The van der Waals surface area contributed by atoms with Crippen molar-refractivity contribution >= 4 is 17.2 Å². The molecule has 3 aliphatic rings. The van der Waals surface area contributed by atoms with E-state index in [1.54, 1.807) is 11.3 Å². The van der Waals surface area contributed by atoms with Gasteiger partial charge in [-0.1, -0.05) is 0 Å². The molecule has 2 aliphatic heterocycles. The van der Waals surface area contributed by atoms with E-state index in [1.165, 1.54) is 12.8 Å². The lowest BCUT2D eigenvalue weighted by Crippen LogP contribution is -2.49. The van der Waals surface area contributed by atoms with Gasteiger partial charge in [-0.05, 0) is 19.3 Å². The first kappa shape index (κ1) is 13.7. The Labute approximate surface area is 129 Å². The topological polar surface area (TPSA) is 48.5 Å². The van der Waals surface area contributed by atoms with E-state index in [4.69, 9.17) is 0 Å². The predicted molar refractivity (Wildman–Crippen MR) is 82.8 cm³/mol. The number of carbonyl (C=O) groups is 1. The van der Waals surface area contributed by atoms with Gasteiger partial charge in [-0.3, -0.25) is 9.69 Å². The van der Waals surface area contributed by atoms with Crippen molar-refractivity contribution in [3.8, 4) is 0 Å². The van der Waals surface area contributed by atoms with Gasteiger partial charge < -0.3 is 10.2 Å². The molecule has 0 spiro atoms. The normalized spacial score (nSPS) is 27.2. The average molecular weight is 306 g/mol. The van der Waals surface area contributed by atoms with Crippen molar-refractivity contribution in [2.75, 3.05) is 39.3 Å². The summed E-state index contributed by atoms with van der Waals surface area (Å²) in [4.78, 5) is 21.7. The number of likely N-dealkylation sites (tertiary alicyclic amines) is 1. The molecule has 1 saturated carbocycles. The maximum atomic E-state index is 12.6. The molecule has 0 radical (unpaired) electrons. The number of carbonyl (C=O) groups excluding carboxylic acids is 1. The van der Waals surface area contributed by atoms with Gasteiger partial charge in [-0.2, -0.15) is 0 Å². The van der Waals surface area contributed by atoms with Crippen molar-refractivity contribution in [1.82, 2.24) is 20.1 Å². The molecule has 1 amide bonds. The summed E-state index contributed by atoms with van der Waals surface area (Å²) in [6.07, 6.45) is 3.59. The third-order valence-electron chi connectivity index (χ3n) is 4.79. The highest BCUT2D eigenvalue weighted by Gasteiger charge is 2.33. The summed E-state index contributed by atoms with van der Waals surface area (Å²) in [5.41, 5.74) is 0.669. The standard InChI is InChI=1S/C15H22N4OS/c20-15(13-10-21-14(17-13)11-1-2-11)19-6-3-12(9-19)18-7-4-16-5-8-18/h10-12,16H,1-9H2. The van der Waals surface area contributed by atoms with Crippen LogP contribution in [0.3, 0.4) is 0 Å². The summed E-state index contributed by atoms with van der Waals surface area (Å²) in [7, 11) is 0. The Morgan fingerprint density at radius 2 is 2.05 bits per heavy atom. The van der Waals surface area contributed by atoms with Crippen LogP contribution in [0.15, 0.2) is 5.38 Å². The van der Waals surface area contributed by atoms with Gasteiger partial charge in [0.15, 0.2) is 0 Å². The Balaban J connectivity index is 1.38. The van der Waals surface area contributed by atoms with Gasteiger partial charge in [0.25, 0.3) is 5.91 Å². The number of thiazole rings is 1. The van der Waals surface area contributed by atoms with Gasteiger partial charge in [-0.25, -0.2) is 4.98 Å². The second kappa shape index (κ2) is 5.66. The molecular weight excluding hydrogens is 284 g/mol. The van der Waals surface area contributed by atoms with Crippen molar-refractivity contribution in [2.45, 2.75) is 31.2 Å². The van der Waals surface area contributed by atoms with Crippen LogP contribution < -0.4 is 5.32 Å². The molecule has 1 aliphatic carbocycles. The van der Waals surface area contributed by atoms with Crippen LogP contribution in [0.1, 0.15) is 40.7 Å². The van der Waals surface area contributed by atoms with Crippen molar-refractivity contribution in [3.63, 3.8) is 0 Å². The van der Waals surface area contributed by atoms with Crippen molar-refractivity contribution in [1.29, 1.82) is 0 Å². The smallest absolute Gasteiger partial charge is 0.273 e. The molecular formula is C15H22N4OS. The molecule has 5 nitrogen and oxygen atoms in total. The van der Waals surface area contributed by atoms with E-state index in [1.807, 2.05) is 10.3 Å². The summed E-state index contributed by atoms with van der Waals surface area (Å²) in [5.74, 6) is 0.777. The molecule has 6 heteroatoms. The minimum Gasteiger partial charge on any atom is -0.336 e. The summed E-state index contributed by atoms with van der Waals surface area (Å²) in [6.45, 7) is 6.10. The van der Waals surface area contributed by atoms with E-state index in [9.17, 15) is 4.79 Å². The van der Waals surface area contributed by atoms with Crippen molar-refractivity contribution in [2.24, 2.45) is 0 Å². The highest BCUT2D eigenvalue weighted by molar-refractivity contribution is 7.10. The zero-order valence-corrected chi connectivity index (χ0v) is 13.1. The SMILES string of the molecule is O=C(c1csc(C2CC2)n1)N1CCC(N2CCNCC2)C1. The molecule has 3 fully saturated rings. The zero-order chi connectivity index (χ0) is 14.2. The van der Waals surface area contributed by atoms with Crippen LogP contribution in [-0.4, -0.2) is 66.0 Å². The number of nitrogens with one attached hydrogen (secondary N) is 1. The van der Waals surface area contributed by atoms with Crippen LogP contribution in [0, 0.1) is 0 Å². The van der Waals surface area contributed by atoms with Gasteiger partial charge in [0.1, 0.15) is 5.69 Å². The molecule has 0 bridgehead atoms. The monoisotopic (exact) mass is 306 g/mol. The maximum absolute atomic E-state index is 12.6. The maximum Gasteiger partial charge on any atom is 0.273 e. The average Bonchev–Trinajstić information content (AvgIpc) is 3.06. The Hall–Kier alpha value is -0.980. The summed E-state index contributed by atoms with van der Waals surface area (Å²) in [6, 6.07) is 0.539. The summed E-state index contributed by atoms with van der Waals surface area (Å²) < 4.78 is 0. The van der Waals surface area contributed by atoms with E-state index in [0.29, 0.717) is 17.7 Å². The predicted octanol–water partition coefficient (Wildman–Crippen LogP) is 1.14. The lowest BCUT2D eigenvalue weighted by molar-refractivity contribution is 0.0768. The Morgan fingerprint density at radius 3 is 2.81 bits per heavy atom. The summed E-state index contributed by atoms with van der Waals surface area (Å²) in [5, 5.41) is 6.50. The number of aromatic nitrogens is 1. The Morgan fingerprint density at radius 1 is 1.24 bits per heavy atom. The van der Waals surface area contributed by atoms with E-state index in [2.05, 4.69) is 15.2 Å². The molecule has 1 N–H and O–H groups in total. The van der Waals surface area contributed by atoms with Gasteiger partial charge in [0.05, 0.1) is 5.01 Å². The number of rotatable bonds is 3.